The van der Waals surface area contributed by atoms with Crippen LogP contribution in [-0.2, 0) is 36.8 Å². The molecule has 0 N–H and O–H groups in total. The lowest BCUT2D eigenvalue weighted by Gasteiger charge is -2.20. The van der Waals surface area contributed by atoms with Crippen molar-refractivity contribution in [3.05, 3.63) is 121 Å². The van der Waals surface area contributed by atoms with Gasteiger partial charge in [0.25, 0.3) is 0 Å². The molecule has 0 aromatic heterocycles. The number of carbonyl (C=O) groups is 4. The number of hydrogen-bond acceptors (Lipinski definition) is 7. The number of benzene rings is 3. The molecule has 0 aliphatic rings. The van der Waals surface area contributed by atoms with Crippen LogP contribution < -0.4 is 5.30 Å². The highest BCUT2D eigenvalue weighted by Gasteiger charge is 2.29. The number of carbonyl (C=O) groups excluding carboxylic acids is 4. The Morgan fingerprint density at radius 2 is 1.09 bits per heavy atom. The molecule has 0 atom stereocenters. The lowest BCUT2D eigenvalue weighted by molar-refractivity contribution is -0.141. The quantitative estimate of drug-likeness (QED) is 0.0980. The van der Waals surface area contributed by atoms with Crippen LogP contribution in [0.25, 0.3) is 0 Å². The van der Waals surface area contributed by atoms with Crippen LogP contribution in [0.5, 0.6) is 0 Å². The van der Waals surface area contributed by atoms with Gasteiger partial charge in [-0.1, -0.05) is 37.4 Å². The van der Waals surface area contributed by atoms with Gasteiger partial charge in [-0.2, -0.15) is 0 Å². The predicted molar refractivity (Wildman–Crippen MR) is 171 cm³/mol. The topological polar surface area (TPSA) is 104 Å². The molecule has 8 heteroatoms. The van der Waals surface area contributed by atoms with Crippen molar-refractivity contribution in [3.63, 3.8) is 0 Å². The summed E-state index contributed by atoms with van der Waals surface area (Å²) in [7, 11) is -0.423. The summed E-state index contributed by atoms with van der Waals surface area (Å²) in [5.74, 6) is -1.96. The molecule has 0 amide bonds. The van der Waals surface area contributed by atoms with E-state index in [2.05, 4.69) is 13.2 Å². The minimum atomic E-state index is -0.543. The highest BCUT2D eigenvalue weighted by molar-refractivity contribution is 7.34. The third kappa shape index (κ3) is 6.84. The molecule has 228 valence electrons. The van der Waals surface area contributed by atoms with Crippen LogP contribution in [-0.4, -0.2) is 23.5 Å². The highest BCUT2D eigenvalue weighted by Crippen LogP contribution is 2.30. The fourth-order valence-corrected chi connectivity index (χ4v) is 5.88. The summed E-state index contributed by atoms with van der Waals surface area (Å²) in [4.78, 5) is 52.9. The van der Waals surface area contributed by atoms with Gasteiger partial charge in [0.2, 0.25) is 0 Å². The molecule has 0 bridgehead atoms. The summed E-state index contributed by atoms with van der Waals surface area (Å²) in [5, 5.41) is 0.175. The fraction of sp³-hybridized carbons (Fsp3) is 0.278. The van der Waals surface area contributed by atoms with Gasteiger partial charge in [-0.15, -0.1) is 0 Å². The average molecular weight is 613 g/mol. The lowest BCUT2D eigenvalue weighted by Crippen LogP contribution is -2.22. The van der Waals surface area contributed by atoms with Crippen LogP contribution in [0.1, 0.15) is 90.2 Å². The van der Waals surface area contributed by atoms with E-state index in [0.717, 1.165) is 11.1 Å². The zero-order valence-electron chi connectivity index (χ0n) is 26.5. The van der Waals surface area contributed by atoms with Gasteiger partial charge in [-0.05, 0) is 106 Å². The summed E-state index contributed by atoms with van der Waals surface area (Å²) < 4.78 is 23.2. The van der Waals surface area contributed by atoms with E-state index < -0.39 is 32.0 Å². The summed E-state index contributed by atoms with van der Waals surface area (Å²) in [6, 6.07) is 8.36. The van der Waals surface area contributed by atoms with Gasteiger partial charge in [-0.25, -0.2) is 9.59 Å². The number of ether oxygens (including phenoxy) is 2. The van der Waals surface area contributed by atoms with E-state index >= 15 is 0 Å². The first kappa shape index (κ1) is 34.0. The van der Waals surface area contributed by atoms with Gasteiger partial charge in [0, 0.05) is 33.4 Å². The summed E-state index contributed by atoms with van der Waals surface area (Å²) in [5.41, 5.74) is 6.97. The van der Waals surface area contributed by atoms with E-state index in [0.29, 0.717) is 44.5 Å². The fourth-order valence-electron chi connectivity index (χ4n) is 5.42. The van der Waals surface area contributed by atoms with Crippen LogP contribution in [0.3, 0.4) is 0 Å². The van der Waals surface area contributed by atoms with Gasteiger partial charge < -0.3 is 9.47 Å². The number of esters is 2. The van der Waals surface area contributed by atoms with Crippen LogP contribution in [0.15, 0.2) is 54.6 Å². The summed E-state index contributed by atoms with van der Waals surface area (Å²) in [6.45, 7) is 21.1. The molecule has 0 unspecified atom stereocenters. The third-order valence-electron chi connectivity index (χ3n) is 7.72. The smallest absolute Gasteiger partial charge is 0.333 e. The maximum Gasteiger partial charge on any atom is 0.333 e. The van der Waals surface area contributed by atoms with Gasteiger partial charge >= 0.3 is 11.9 Å². The molecule has 0 fully saturated rings. The normalized spacial score (nSPS) is 10.8. The molecule has 3 aromatic carbocycles. The molecule has 0 spiro atoms. The van der Waals surface area contributed by atoms with Crippen molar-refractivity contribution in [2.45, 2.75) is 68.6 Å². The molecule has 3 aromatic rings. The molecule has 3 rings (SSSR count). The predicted octanol–water partition coefficient (Wildman–Crippen LogP) is 7.15. The Morgan fingerprint density at radius 1 is 0.659 bits per heavy atom. The Bertz CT molecular complexity index is 1760. The third-order valence-corrected chi connectivity index (χ3v) is 8.29. The minimum Gasteiger partial charge on any atom is -0.457 e. The standard InChI is InChI=1S/C36H37O7P/c1-18(2)35(39)42-16-27-20(5)14-22(7)30(24(27)9)33(37)26-12-11-13-29(44-41)32(26)34(38)31-23(8)15-21(6)28(25(31)10)17-43-36(40)19(3)4/h11-15H,1,3,16-17H2,2,4-10H3. The Morgan fingerprint density at radius 3 is 1.50 bits per heavy atom. The van der Waals surface area contributed by atoms with Crippen LogP contribution in [0.4, 0.5) is 0 Å². The van der Waals surface area contributed by atoms with E-state index in [1.807, 2.05) is 26.0 Å². The van der Waals surface area contributed by atoms with Crippen LogP contribution in [0, 0.1) is 41.5 Å². The van der Waals surface area contributed by atoms with E-state index in [1.165, 1.54) is 0 Å². The van der Waals surface area contributed by atoms with Gasteiger partial charge in [-0.3, -0.25) is 14.2 Å². The zero-order chi connectivity index (χ0) is 33.0. The maximum atomic E-state index is 14.4. The second kappa shape index (κ2) is 13.9. The molecule has 0 saturated heterocycles. The van der Waals surface area contributed by atoms with E-state index in [4.69, 9.17) is 9.47 Å². The van der Waals surface area contributed by atoms with Crippen molar-refractivity contribution in [2.75, 3.05) is 0 Å². The van der Waals surface area contributed by atoms with Gasteiger partial charge in [0.15, 0.2) is 20.0 Å². The van der Waals surface area contributed by atoms with Crippen molar-refractivity contribution >= 4 is 37.3 Å². The van der Waals surface area contributed by atoms with Gasteiger partial charge in [0.1, 0.15) is 13.2 Å². The summed E-state index contributed by atoms with van der Waals surface area (Å²) >= 11 is 0. The van der Waals surface area contributed by atoms with Crippen LogP contribution >= 0.6 is 8.46 Å². The molecule has 0 aliphatic heterocycles. The molecule has 7 nitrogen and oxygen atoms in total. The van der Waals surface area contributed by atoms with Crippen molar-refractivity contribution in [1.82, 2.24) is 0 Å². The first-order valence-corrected chi connectivity index (χ1v) is 14.8. The zero-order valence-corrected chi connectivity index (χ0v) is 27.4. The monoisotopic (exact) mass is 612 g/mol. The lowest BCUT2D eigenvalue weighted by atomic mass is 9.84. The van der Waals surface area contributed by atoms with Crippen molar-refractivity contribution < 1.29 is 33.2 Å². The maximum absolute atomic E-state index is 14.4. The number of ketones is 2. The second-order valence-corrected chi connectivity index (χ2v) is 11.8. The summed E-state index contributed by atoms with van der Waals surface area (Å²) in [6.07, 6.45) is 0. The number of rotatable bonds is 11. The Hall–Kier alpha value is -4.48. The first-order chi connectivity index (χ1) is 20.6. The molecular weight excluding hydrogens is 575 g/mol. The highest BCUT2D eigenvalue weighted by atomic mass is 31.1. The largest absolute Gasteiger partial charge is 0.457 e. The molecule has 0 radical (unpaired) electrons. The minimum absolute atomic E-state index is 0.0312. The van der Waals surface area contributed by atoms with Crippen molar-refractivity contribution in [1.29, 1.82) is 0 Å². The van der Waals surface area contributed by atoms with E-state index in [-0.39, 0.29) is 40.8 Å². The molecule has 44 heavy (non-hydrogen) atoms. The van der Waals surface area contributed by atoms with Crippen LogP contribution in [0.2, 0.25) is 0 Å². The Kier molecular flexibility index (Phi) is 10.7. The Labute approximate surface area is 260 Å². The van der Waals surface area contributed by atoms with Crippen molar-refractivity contribution in [3.8, 4) is 0 Å². The second-order valence-electron chi connectivity index (χ2n) is 11.1. The molecule has 0 heterocycles. The first-order valence-electron chi connectivity index (χ1n) is 14.0. The van der Waals surface area contributed by atoms with E-state index in [9.17, 15) is 23.7 Å². The Balaban J connectivity index is 2.20. The molecule has 0 aliphatic carbocycles. The molecular formula is C36H37O7P. The number of hydrogen-bond donors (Lipinski definition) is 0. The number of aryl methyl sites for hydroxylation is 4. The van der Waals surface area contributed by atoms with Crippen molar-refractivity contribution in [2.24, 2.45) is 0 Å². The SMILES string of the molecule is C=C(C)C(=O)OCc1c(C)cc(C)c(C(=O)c2cccc(P=O)c2C(=O)c2c(C)cc(C)c(COC(=O)C(=C)C)c2C)c1C. The average Bonchev–Trinajstić information content (AvgIpc) is 2.95. The van der Waals surface area contributed by atoms with Gasteiger partial charge in [0.05, 0.1) is 5.30 Å². The van der Waals surface area contributed by atoms with E-state index in [1.54, 1.807) is 59.7 Å². The molecule has 0 saturated carbocycles.